The van der Waals surface area contributed by atoms with Crippen molar-refractivity contribution in [3.63, 3.8) is 0 Å². The third-order valence-corrected chi connectivity index (χ3v) is 1.42. The van der Waals surface area contributed by atoms with Crippen LogP contribution in [0.25, 0.3) is 0 Å². The first-order valence-electron chi connectivity index (χ1n) is 2.71. The zero-order valence-corrected chi connectivity index (χ0v) is 6.51. The quantitative estimate of drug-likeness (QED) is 0.667. The molecule has 0 amide bonds. The summed E-state index contributed by atoms with van der Waals surface area (Å²) in [5, 5.41) is 3.97. The minimum absolute atomic E-state index is 0.158. The smallest absolute Gasteiger partial charge is 0.243 e. The Kier molecular flexibility index (Phi) is 1.72. The van der Waals surface area contributed by atoms with Crippen molar-refractivity contribution in [3.8, 4) is 0 Å². The first-order chi connectivity index (χ1) is 4.63. The van der Waals surface area contributed by atoms with Gasteiger partial charge in [0.15, 0.2) is 5.82 Å². The molecule has 1 aromatic heterocycles. The van der Waals surface area contributed by atoms with Crippen molar-refractivity contribution in [2.45, 2.75) is 0 Å². The molecule has 0 aromatic carbocycles. The summed E-state index contributed by atoms with van der Waals surface area (Å²) in [6.07, 6.45) is 0. The van der Waals surface area contributed by atoms with E-state index in [1.165, 1.54) is 0 Å². The largest absolute Gasteiger partial charge is 0.366 e. The molecule has 4 nitrogen and oxygen atoms in total. The van der Waals surface area contributed by atoms with Crippen LogP contribution >= 0.6 is 11.6 Å². The van der Waals surface area contributed by atoms with Gasteiger partial charge < -0.3 is 15.2 Å². The lowest BCUT2D eigenvalue weighted by atomic mass is 10.5. The highest BCUT2D eigenvalue weighted by atomic mass is 35.5. The van der Waals surface area contributed by atoms with Crippen molar-refractivity contribution >= 4 is 23.3 Å². The number of rotatable bonds is 1. The van der Waals surface area contributed by atoms with Crippen LogP contribution in [0.1, 0.15) is 0 Å². The number of nitrogen functional groups attached to an aromatic ring is 1. The van der Waals surface area contributed by atoms with Crippen LogP contribution in [0.3, 0.4) is 0 Å². The lowest BCUT2D eigenvalue weighted by Crippen LogP contribution is -2.09. The van der Waals surface area contributed by atoms with E-state index in [9.17, 15) is 0 Å². The molecule has 0 saturated carbocycles. The molecule has 1 rings (SSSR count). The molecule has 1 heterocycles. The van der Waals surface area contributed by atoms with Gasteiger partial charge in [-0.2, -0.15) is 0 Å². The molecule has 0 spiro atoms. The summed E-state index contributed by atoms with van der Waals surface area (Å²) in [6, 6.07) is 0. The summed E-state index contributed by atoms with van der Waals surface area (Å²) in [5.74, 6) is 0.713. The number of hydrogen-bond acceptors (Lipinski definition) is 4. The molecule has 5 heteroatoms. The fraction of sp³-hybridized carbons (Fsp3) is 0.400. The van der Waals surface area contributed by atoms with Gasteiger partial charge in [0.1, 0.15) is 5.02 Å². The molecule has 0 aliphatic carbocycles. The number of nitrogens with zero attached hydrogens (tertiary/aromatic N) is 2. The minimum Gasteiger partial charge on any atom is -0.366 e. The monoisotopic (exact) mass is 161 g/mol. The standard InChI is InChI=1S/C5H8ClN3O/c1-9(2)5-3(6)4(7)10-8-5/h7H2,1-2H3. The second kappa shape index (κ2) is 2.38. The molecule has 0 unspecified atom stereocenters. The second-order valence-corrected chi connectivity index (χ2v) is 2.46. The predicted octanol–water partition coefficient (Wildman–Crippen LogP) is 0.976. The van der Waals surface area contributed by atoms with Gasteiger partial charge in [0.25, 0.3) is 0 Å². The van der Waals surface area contributed by atoms with Gasteiger partial charge in [-0.1, -0.05) is 16.8 Å². The average Bonchev–Trinajstić information content (AvgIpc) is 2.14. The van der Waals surface area contributed by atoms with Gasteiger partial charge in [0.05, 0.1) is 0 Å². The van der Waals surface area contributed by atoms with E-state index in [4.69, 9.17) is 17.3 Å². The fourth-order valence-electron chi connectivity index (χ4n) is 0.561. The van der Waals surface area contributed by atoms with Crippen molar-refractivity contribution in [2.24, 2.45) is 0 Å². The molecule has 1 aromatic rings. The number of aromatic nitrogens is 1. The van der Waals surface area contributed by atoms with Crippen molar-refractivity contribution in [3.05, 3.63) is 5.02 Å². The third kappa shape index (κ3) is 1.02. The first-order valence-corrected chi connectivity index (χ1v) is 3.08. The van der Waals surface area contributed by atoms with E-state index in [2.05, 4.69) is 9.68 Å². The molecule has 0 fully saturated rings. The Bertz CT molecular complexity index is 233. The van der Waals surface area contributed by atoms with Gasteiger partial charge >= 0.3 is 0 Å². The van der Waals surface area contributed by atoms with Crippen LogP contribution in [0.5, 0.6) is 0 Å². The Morgan fingerprint density at radius 3 is 2.40 bits per heavy atom. The molecule has 0 radical (unpaired) electrons. The lowest BCUT2D eigenvalue weighted by molar-refractivity contribution is 0.437. The second-order valence-electron chi connectivity index (χ2n) is 2.08. The van der Waals surface area contributed by atoms with Crippen molar-refractivity contribution in [1.82, 2.24) is 5.16 Å². The van der Waals surface area contributed by atoms with E-state index in [0.29, 0.717) is 10.8 Å². The lowest BCUT2D eigenvalue weighted by Gasteiger charge is -2.05. The molecule has 56 valence electrons. The van der Waals surface area contributed by atoms with Gasteiger partial charge in [-0.3, -0.25) is 0 Å². The van der Waals surface area contributed by atoms with Crippen molar-refractivity contribution in [2.75, 3.05) is 24.7 Å². The highest BCUT2D eigenvalue weighted by Gasteiger charge is 2.11. The van der Waals surface area contributed by atoms with E-state index in [-0.39, 0.29) is 5.88 Å². The Morgan fingerprint density at radius 1 is 1.60 bits per heavy atom. The summed E-state index contributed by atoms with van der Waals surface area (Å²) >= 11 is 5.68. The Labute approximate surface area is 63.5 Å². The SMILES string of the molecule is CN(C)c1noc(N)c1Cl. The normalized spacial score (nSPS) is 9.90. The molecular weight excluding hydrogens is 154 g/mol. The van der Waals surface area contributed by atoms with Crippen LogP contribution in [0.15, 0.2) is 4.52 Å². The van der Waals surface area contributed by atoms with Crippen LogP contribution in [-0.4, -0.2) is 19.3 Å². The van der Waals surface area contributed by atoms with E-state index in [0.717, 1.165) is 0 Å². The number of nitrogens with two attached hydrogens (primary N) is 1. The van der Waals surface area contributed by atoms with Gasteiger partial charge in [-0.05, 0) is 0 Å². The third-order valence-electron chi connectivity index (χ3n) is 1.07. The van der Waals surface area contributed by atoms with Crippen LogP contribution in [0, 0.1) is 0 Å². The number of halogens is 1. The number of hydrogen-bond donors (Lipinski definition) is 1. The molecule has 10 heavy (non-hydrogen) atoms. The maximum atomic E-state index is 5.68. The average molecular weight is 162 g/mol. The summed E-state index contributed by atoms with van der Waals surface area (Å²) in [7, 11) is 3.62. The summed E-state index contributed by atoms with van der Waals surface area (Å²) in [5.41, 5.74) is 5.29. The van der Waals surface area contributed by atoms with Gasteiger partial charge in [0, 0.05) is 14.1 Å². The van der Waals surface area contributed by atoms with Gasteiger partial charge in [0.2, 0.25) is 5.88 Å². The molecular formula is C5H8ClN3O. The highest BCUT2D eigenvalue weighted by Crippen LogP contribution is 2.28. The Balaban J connectivity index is 3.05. The van der Waals surface area contributed by atoms with Crippen LogP contribution in [0.2, 0.25) is 5.02 Å². The van der Waals surface area contributed by atoms with Crippen LogP contribution in [-0.2, 0) is 0 Å². The van der Waals surface area contributed by atoms with Crippen LogP contribution < -0.4 is 10.6 Å². The molecule has 2 N–H and O–H groups in total. The molecule has 0 saturated heterocycles. The zero-order chi connectivity index (χ0) is 7.72. The van der Waals surface area contributed by atoms with Crippen molar-refractivity contribution < 1.29 is 4.52 Å². The minimum atomic E-state index is 0.158. The fourth-order valence-corrected chi connectivity index (χ4v) is 0.799. The maximum absolute atomic E-state index is 5.68. The van der Waals surface area contributed by atoms with Crippen LogP contribution in [0.4, 0.5) is 11.7 Å². The van der Waals surface area contributed by atoms with E-state index in [1.54, 1.807) is 4.90 Å². The first kappa shape index (κ1) is 7.21. The molecule has 0 atom stereocenters. The van der Waals surface area contributed by atoms with E-state index >= 15 is 0 Å². The Hall–Kier alpha value is -0.900. The topological polar surface area (TPSA) is 55.3 Å². The Morgan fingerprint density at radius 2 is 2.20 bits per heavy atom. The highest BCUT2D eigenvalue weighted by molar-refractivity contribution is 6.35. The molecule has 0 aliphatic rings. The van der Waals surface area contributed by atoms with Crippen molar-refractivity contribution in [1.29, 1.82) is 0 Å². The predicted molar refractivity (Wildman–Crippen MR) is 40.3 cm³/mol. The number of anilines is 2. The molecule has 0 aliphatic heterocycles. The summed E-state index contributed by atoms with van der Waals surface area (Å²) in [6.45, 7) is 0. The summed E-state index contributed by atoms with van der Waals surface area (Å²) < 4.78 is 4.61. The van der Waals surface area contributed by atoms with Gasteiger partial charge in [-0.25, -0.2) is 0 Å². The zero-order valence-electron chi connectivity index (χ0n) is 5.76. The maximum Gasteiger partial charge on any atom is 0.243 e. The van der Waals surface area contributed by atoms with Gasteiger partial charge in [-0.15, -0.1) is 0 Å². The van der Waals surface area contributed by atoms with E-state index in [1.807, 2.05) is 14.1 Å². The van der Waals surface area contributed by atoms with E-state index < -0.39 is 0 Å². The molecule has 0 bridgehead atoms. The summed E-state index contributed by atoms with van der Waals surface area (Å²) in [4.78, 5) is 1.72.